The minimum Gasteiger partial charge on any atom is -0.0654 e. The molecule has 0 nitrogen and oxygen atoms in total. The van der Waals surface area contributed by atoms with Crippen LogP contribution in [0.1, 0.15) is 78.6 Å². The Balaban J connectivity index is 2.45. The first-order valence-corrected chi connectivity index (χ1v) is 7.29. The van der Waals surface area contributed by atoms with Crippen LogP contribution in [0.5, 0.6) is 0 Å². The molecule has 0 aromatic rings. The van der Waals surface area contributed by atoms with Crippen LogP contribution in [-0.2, 0) is 0 Å². The third kappa shape index (κ3) is 4.17. The molecule has 0 heteroatoms. The third-order valence-electron chi connectivity index (χ3n) is 4.49. The van der Waals surface area contributed by atoms with Crippen molar-refractivity contribution >= 4 is 0 Å². The van der Waals surface area contributed by atoms with E-state index in [2.05, 4.69) is 20.8 Å². The average Bonchev–Trinajstić information content (AvgIpc) is 2.50. The maximum atomic E-state index is 2.51. The van der Waals surface area contributed by atoms with E-state index in [-0.39, 0.29) is 0 Å². The average molecular weight is 210 g/mol. The second-order valence-corrected chi connectivity index (χ2v) is 5.59. The Labute approximate surface area is 96.8 Å². The lowest BCUT2D eigenvalue weighted by atomic mass is 9.76. The van der Waals surface area contributed by atoms with Gasteiger partial charge in [0.1, 0.15) is 0 Å². The first-order chi connectivity index (χ1) is 7.29. The summed E-state index contributed by atoms with van der Waals surface area (Å²) in [6.45, 7) is 7.22. The predicted molar refractivity (Wildman–Crippen MR) is 69.0 cm³/mol. The molecule has 1 rings (SSSR count). The van der Waals surface area contributed by atoms with Gasteiger partial charge in [-0.1, -0.05) is 72.1 Å². The van der Waals surface area contributed by atoms with Crippen LogP contribution in [-0.4, -0.2) is 0 Å². The Hall–Kier alpha value is 0. The van der Waals surface area contributed by atoms with Gasteiger partial charge in [0.25, 0.3) is 0 Å². The predicted octanol–water partition coefficient (Wildman–Crippen LogP) is 5.42. The molecule has 1 fully saturated rings. The SMILES string of the molecule is CCCCC(C)C1CCCCCC1CC. The third-order valence-corrected chi connectivity index (χ3v) is 4.49. The summed E-state index contributed by atoms with van der Waals surface area (Å²) in [4.78, 5) is 0. The molecule has 0 spiro atoms. The molecule has 3 unspecified atom stereocenters. The van der Waals surface area contributed by atoms with E-state index in [1.807, 2.05) is 0 Å². The number of rotatable bonds is 5. The molecular formula is C15H30. The molecule has 90 valence electrons. The molecule has 0 aromatic carbocycles. The molecule has 15 heavy (non-hydrogen) atoms. The highest BCUT2D eigenvalue weighted by Gasteiger charge is 2.26. The lowest BCUT2D eigenvalue weighted by Gasteiger charge is -2.30. The molecular weight excluding hydrogens is 180 g/mol. The van der Waals surface area contributed by atoms with Gasteiger partial charge in [-0.25, -0.2) is 0 Å². The summed E-state index contributed by atoms with van der Waals surface area (Å²) < 4.78 is 0. The second-order valence-electron chi connectivity index (χ2n) is 5.59. The van der Waals surface area contributed by atoms with Crippen molar-refractivity contribution in [2.75, 3.05) is 0 Å². The normalized spacial score (nSPS) is 29.8. The van der Waals surface area contributed by atoms with E-state index in [1.54, 1.807) is 0 Å². The van der Waals surface area contributed by atoms with E-state index >= 15 is 0 Å². The van der Waals surface area contributed by atoms with Gasteiger partial charge >= 0.3 is 0 Å². The van der Waals surface area contributed by atoms with Crippen molar-refractivity contribution in [2.24, 2.45) is 17.8 Å². The minimum absolute atomic E-state index is 0.980. The van der Waals surface area contributed by atoms with Crippen LogP contribution in [0, 0.1) is 17.8 Å². The van der Waals surface area contributed by atoms with Crippen molar-refractivity contribution in [1.82, 2.24) is 0 Å². The molecule has 0 radical (unpaired) electrons. The molecule has 0 N–H and O–H groups in total. The Kier molecular flexibility index (Phi) is 6.36. The smallest absolute Gasteiger partial charge is 0.0360 e. The van der Waals surface area contributed by atoms with E-state index in [4.69, 9.17) is 0 Å². The van der Waals surface area contributed by atoms with Crippen molar-refractivity contribution < 1.29 is 0 Å². The fourth-order valence-corrected chi connectivity index (χ4v) is 3.41. The van der Waals surface area contributed by atoms with Crippen molar-refractivity contribution in [1.29, 1.82) is 0 Å². The molecule has 0 bridgehead atoms. The van der Waals surface area contributed by atoms with Gasteiger partial charge < -0.3 is 0 Å². The van der Waals surface area contributed by atoms with Crippen LogP contribution in [0.25, 0.3) is 0 Å². The Morgan fingerprint density at radius 3 is 2.47 bits per heavy atom. The first kappa shape index (κ1) is 13.1. The molecule has 0 aromatic heterocycles. The van der Waals surface area contributed by atoms with Crippen molar-refractivity contribution in [3.8, 4) is 0 Å². The molecule has 0 saturated heterocycles. The fourth-order valence-electron chi connectivity index (χ4n) is 3.41. The van der Waals surface area contributed by atoms with Gasteiger partial charge in [0.15, 0.2) is 0 Å². The van der Waals surface area contributed by atoms with Gasteiger partial charge in [0.2, 0.25) is 0 Å². The van der Waals surface area contributed by atoms with Crippen molar-refractivity contribution in [2.45, 2.75) is 78.6 Å². The second kappa shape index (κ2) is 7.30. The van der Waals surface area contributed by atoms with Crippen LogP contribution >= 0.6 is 0 Å². The van der Waals surface area contributed by atoms with Gasteiger partial charge in [-0.05, 0) is 24.2 Å². The maximum Gasteiger partial charge on any atom is -0.0360 e. The highest BCUT2D eigenvalue weighted by molar-refractivity contribution is 4.77. The summed E-state index contributed by atoms with van der Waals surface area (Å²) in [6, 6.07) is 0. The Bertz CT molecular complexity index is 150. The quantitative estimate of drug-likeness (QED) is 0.532. The van der Waals surface area contributed by atoms with Gasteiger partial charge in [-0.3, -0.25) is 0 Å². The number of hydrogen-bond donors (Lipinski definition) is 0. The fraction of sp³-hybridized carbons (Fsp3) is 1.00. The lowest BCUT2D eigenvalue weighted by molar-refractivity contribution is 0.207. The summed E-state index contributed by atoms with van der Waals surface area (Å²) in [6.07, 6.45) is 13.2. The van der Waals surface area contributed by atoms with Crippen LogP contribution < -0.4 is 0 Å². The molecule has 1 saturated carbocycles. The van der Waals surface area contributed by atoms with Crippen LogP contribution in [0.4, 0.5) is 0 Å². The van der Waals surface area contributed by atoms with Crippen molar-refractivity contribution in [3.05, 3.63) is 0 Å². The highest BCUT2D eigenvalue weighted by Crippen LogP contribution is 2.37. The number of hydrogen-bond acceptors (Lipinski definition) is 0. The molecule has 1 aliphatic carbocycles. The maximum absolute atomic E-state index is 2.51. The zero-order valence-electron chi connectivity index (χ0n) is 11.1. The van der Waals surface area contributed by atoms with Crippen LogP contribution in [0.15, 0.2) is 0 Å². The monoisotopic (exact) mass is 210 g/mol. The van der Waals surface area contributed by atoms with E-state index in [9.17, 15) is 0 Å². The van der Waals surface area contributed by atoms with Crippen LogP contribution in [0.3, 0.4) is 0 Å². The lowest BCUT2D eigenvalue weighted by Crippen LogP contribution is -2.20. The van der Waals surface area contributed by atoms with Gasteiger partial charge in [-0.15, -0.1) is 0 Å². The topological polar surface area (TPSA) is 0 Å². The zero-order chi connectivity index (χ0) is 11.1. The summed E-state index contributed by atoms with van der Waals surface area (Å²) >= 11 is 0. The zero-order valence-corrected chi connectivity index (χ0v) is 11.1. The van der Waals surface area contributed by atoms with Gasteiger partial charge in [0.05, 0.1) is 0 Å². The highest BCUT2D eigenvalue weighted by atomic mass is 14.3. The summed E-state index contributed by atoms with van der Waals surface area (Å²) in [5.41, 5.74) is 0. The largest absolute Gasteiger partial charge is 0.0654 e. The molecule has 0 amide bonds. The molecule has 1 aliphatic rings. The van der Waals surface area contributed by atoms with Gasteiger partial charge in [-0.2, -0.15) is 0 Å². The van der Waals surface area contributed by atoms with E-state index in [0.717, 1.165) is 17.8 Å². The molecule has 0 aliphatic heterocycles. The molecule has 3 atom stereocenters. The summed E-state index contributed by atoms with van der Waals surface area (Å²) in [7, 11) is 0. The first-order valence-electron chi connectivity index (χ1n) is 7.29. The van der Waals surface area contributed by atoms with Crippen LogP contribution in [0.2, 0.25) is 0 Å². The van der Waals surface area contributed by atoms with E-state index < -0.39 is 0 Å². The summed E-state index contributed by atoms with van der Waals surface area (Å²) in [5, 5.41) is 0. The van der Waals surface area contributed by atoms with Gasteiger partial charge in [0, 0.05) is 0 Å². The Morgan fingerprint density at radius 1 is 1.07 bits per heavy atom. The molecule has 0 heterocycles. The van der Waals surface area contributed by atoms with E-state index in [1.165, 1.54) is 57.8 Å². The Morgan fingerprint density at radius 2 is 1.80 bits per heavy atom. The minimum atomic E-state index is 0.980. The van der Waals surface area contributed by atoms with E-state index in [0.29, 0.717) is 0 Å². The number of unbranched alkanes of at least 4 members (excludes halogenated alkanes) is 1. The standard InChI is InChI=1S/C15H30/c1-4-6-10-13(3)15-12-9-7-8-11-14(15)5-2/h13-15H,4-12H2,1-3H3. The van der Waals surface area contributed by atoms with Crippen molar-refractivity contribution in [3.63, 3.8) is 0 Å². The summed E-state index contributed by atoms with van der Waals surface area (Å²) in [5.74, 6) is 3.07.